The van der Waals surface area contributed by atoms with Crippen LogP contribution in [-0.4, -0.2) is 18.7 Å². The third kappa shape index (κ3) is 2.72. The lowest BCUT2D eigenvalue weighted by Gasteiger charge is -2.33. The summed E-state index contributed by atoms with van der Waals surface area (Å²) >= 11 is 0. The molecule has 1 fully saturated rings. The number of benzene rings is 2. The molecule has 0 bridgehead atoms. The van der Waals surface area contributed by atoms with Gasteiger partial charge in [-0.3, -0.25) is 9.59 Å². The van der Waals surface area contributed by atoms with Crippen molar-refractivity contribution in [3.8, 4) is 0 Å². The van der Waals surface area contributed by atoms with E-state index in [0.717, 1.165) is 11.1 Å². The van der Waals surface area contributed by atoms with Crippen molar-refractivity contribution in [2.24, 2.45) is 5.41 Å². The zero-order valence-electron chi connectivity index (χ0n) is 12.0. The van der Waals surface area contributed by atoms with Crippen molar-refractivity contribution in [3.05, 3.63) is 71.8 Å². The van der Waals surface area contributed by atoms with E-state index in [1.54, 1.807) is 0 Å². The van der Waals surface area contributed by atoms with E-state index in [2.05, 4.69) is 0 Å². The highest BCUT2D eigenvalue weighted by molar-refractivity contribution is 6.01. The van der Waals surface area contributed by atoms with Crippen molar-refractivity contribution >= 4 is 11.9 Å². The van der Waals surface area contributed by atoms with Gasteiger partial charge in [-0.05, 0) is 24.0 Å². The normalized spacial score (nSPS) is 16.7. The van der Waals surface area contributed by atoms with Crippen molar-refractivity contribution in [3.63, 3.8) is 0 Å². The van der Waals surface area contributed by atoms with E-state index in [0.29, 0.717) is 0 Å². The van der Waals surface area contributed by atoms with Crippen LogP contribution in [0.25, 0.3) is 0 Å². The summed E-state index contributed by atoms with van der Waals surface area (Å²) in [5.74, 6) is -1.03. The van der Waals surface area contributed by atoms with Gasteiger partial charge in [-0.15, -0.1) is 0 Å². The van der Waals surface area contributed by atoms with Gasteiger partial charge in [0.1, 0.15) is 0 Å². The third-order valence-electron chi connectivity index (χ3n) is 3.86. The van der Waals surface area contributed by atoms with Crippen molar-refractivity contribution in [1.82, 2.24) is 0 Å². The fourth-order valence-corrected chi connectivity index (χ4v) is 2.74. The van der Waals surface area contributed by atoms with Gasteiger partial charge in [0.25, 0.3) is 0 Å². The minimum atomic E-state index is -1.32. The van der Waals surface area contributed by atoms with Crippen LogP contribution in [0.1, 0.15) is 11.1 Å². The van der Waals surface area contributed by atoms with E-state index in [1.807, 2.05) is 60.7 Å². The highest BCUT2D eigenvalue weighted by atomic mass is 16.7. The van der Waals surface area contributed by atoms with Gasteiger partial charge in [-0.2, -0.15) is 0 Å². The lowest BCUT2D eigenvalue weighted by Crippen LogP contribution is -2.49. The predicted octanol–water partition coefficient (Wildman–Crippen LogP) is 2.52. The van der Waals surface area contributed by atoms with Crippen LogP contribution in [0.15, 0.2) is 60.7 Å². The van der Waals surface area contributed by atoms with Crippen LogP contribution in [0.4, 0.5) is 0 Å². The van der Waals surface area contributed by atoms with E-state index in [9.17, 15) is 9.59 Å². The molecule has 0 atom stereocenters. The van der Waals surface area contributed by atoms with Crippen LogP contribution >= 0.6 is 0 Å². The Bertz CT molecular complexity index is 605. The van der Waals surface area contributed by atoms with Crippen LogP contribution < -0.4 is 0 Å². The molecular formula is C18H16O4. The standard InChI is InChI=1S/C18H16O4/c19-16-18(17(20)22-13-21-16,11-14-7-3-1-4-8-14)12-15-9-5-2-6-10-15/h1-10H,11-13H2. The fourth-order valence-electron chi connectivity index (χ4n) is 2.74. The Morgan fingerprint density at radius 2 is 1.14 bits per heavy atom. The van der Waals surface area contributed by atoms with Gasteiger partial charge in [0.2, 0.25) is 6.79 Å². The van der Waals surface area contributed by atoms with Gasteiger partial charge in [0.15, 0.2) is 5.41 Å². The first-order valence-electron chi connectivity index (χ1n) is 7.13. The number of carbonyl (C=O) groups is 2. The van der Waals surface area contributed by atoms with Crippen LogP contribution in [0, 0.1) is 5.41 Å². The molecule has 3 rings (SSSR count). The maximum atomic E-state index is 12.4. The number of rotatable bonds is 4. The van der Waals surface area contributed by atoms with E-state index in [-0.39, 0.29) is 19.6 Å². The van der Waals surface area contributed by atoms with Gasteiger partial charge in [0, 0.05) is 0 Å². The summed E-state index contributed by atoms with van der Waals surface area (Å²) in [7, 11) is 0. The number of cyclic esters (lactones) is 2. The molecule has 0 amide bonds. The molecule has 0 aromatic heterocycles. The van der Waals surface area contributed by atoms with E-state index < -0.39 is 17.4 Å². The topological polar surface area (TPSA) is 52.6 Å². The second-order valence-electron chi connectivity index (χ2n) is 5.39. The number of ether oxygens (including phenoxy) is 2. The minimum absolute atomic E-state index is 0.264. The Labute approximate surface area is 128 Å². The molecule has 112 valence electrons. The summed E-state index contributed by atoms with van der Waals surface area (Å²) in [4.78, 5) is 24.8. The fraction of sp³-hybridized carbons (Fsp3) is 0.222. The van der Waals surface area contributed by atoms with Gasteiger partial charge in [0.05, 0.1) is 0 Å². The van der Waals surface area contributed by atoms with Crippen molar-refractivity contribution in [1.29, 1.82) is 0 Å². The summed E-state index contributed by atoms with van der Waals surface area (Å²) in [5.41, 5.74) is 0.476. The summed E-state index contributed by atoms with van der Waals surface area (Å²) in [5, 5.41) is 0. The van der Waals surface area contributed by atoms with Gasteiger partial charge in [-0.25, -0.2) is 0 Å². The third-order valence-corrected chi connectivity index (χ3v) is 3.86. The highest BCUT2D eigenvalue weighted by Crippen LogP contribution is 2.33. The molecule has 22 heavy (non-hydrogen) atoms. The molecule has 1 saturated heterocycles. The molecule has 2 aromatic carbocycles. The number of hydrogen-bond donors (Lipinski definition) is 0. The van der Waals surface area contributed by atoms with Crippen LogP contribution in [0.3, 0.4) is 0 Å². The number of esters is 2. The van der Waals surface area contributed by atoms with Gasteiger partial charge < -0.3 is 9.47 Å². The molecule has 4 heteroatoms. The van der Waals surface area contributed by atoms with Crippen molar-refractivity contribution < 1.29 is 19.1 Å². The molecule has 0 saturated carbocycles. The van der Waals surface area contributed by atoms with Crippen LogP contribution in [-0.2, 0) is 31.9 Å². The first-order valence-corrected chi connectivity index (χ1v) is 7.13. The van der Waals surface area contributed by atoms with Gasteiger partial charge in [-0.1, -0.05) is 60.7 Å². The summed E-state index contributed by atoms with van der Waals surface area (Å²) in [6.07, 6.45) is 0.529. The molecular weight excluding hydrogens is 280 g/mol. The Morgan fingerprint density at radius 1 is 0.727 bits per heavy atom. The zero-order valence-corrected chi connectivity index (χ0v) is 12.0. The van der Waals surface area contributed by atoms with Crippen molar-refractivity contribution in [2.75, 3.05) is 6.79 Å². The molecule has 0 spiro atoms. The first-order chi connectivity index (χ1) is 10.7. The maximum Gasteiger partial charge on any atom is 0.327 e. The predicted molar refractivity (Wildman–Crippen MR) is 79.8 cm³/mol. The quantitative estimate of drug-likeness (QED) is 0.642. The molecule has 0 N–H and O–H groups in total. The molecule has 0 aliphatic carbocycles. The molecule has 4 nitrogen and oxygen atoms in total. The Morgan fingerprint density at radius 3 is 1.55 bits per heavy atom. The van der Waals surface area contributed by atoms with Crippen LogP contribution in [0.5, 0.6) is 0 Å². The van der Waals surface area contributed by atoms with E-state index in [1.165, 1.54) is 0 Å². The monoisotopic (exact) mass is 296 g/mol. The Kier molecular flexibility index (Phi) is 3.92. The van der Waals surface area contributed by atoms with Crippen LogP contribution in [0.2, 0.25) is 0 Å². The lowest BCUT2D eigenvalue weighted by atomic mass is 9.76. The second kappa shape index (κ2) is 6.02. The maximum absolute atomic E-state index is 12.4. The number of hydrogen-bond acceptors (Lipinski definition) is 4. The molecule has 2 aromatic rings. The molecule has 0 unspecified atom stereocenters. The highest BCUT2D eigenvalue weighted by Gasteiger charge is 2.51. The average molecular weight is 296 g/mol. The largest absolute Gasteiger partial charge is 0.427 e. The second-order valence-corrected chi connectivity index (χ2v) is 5.39. The Balaban J connectivity index is 1.97. The summed E-state index contributed by atoms with van der Waals surface area (Å²) < 4.78 is 10.1. The summed E-state index contributed by atoms with van der Waals surface area (Å²) in [6.45, 7) is -0.303. The first kappa shape index (κ1) is 14.3. The van der Waals surface area contributed by atoms with Crippen molar-refractivity contribution in [2.45, 2.75) is 12.8 Å². The Hall–Kier alpha value is -2.62. The molecule has 0 radical (unpaired) electrons. The zero-order chi connectivity index (χ0) is 15.4. The van der Waals surface area contributed by atoms with Gasteiger partial charge >= 0.3 is 11.9 Å². The molecule has 1 heterocycles. The smallest absolute Gasteiger partial charge is 0.327 e. The average Bonchev–Trinajstić information content (AvgIpc) is 2.54. The number of carbonyl (C=O) groups excluding carboxylic acids is 2. The molecule has 1 aliphatic rings. The lowest BCUT2D eigenvalue weighted by molar-refractivity contribution is -0.201. The van der Waals surface area contributed by atoms with E-state index >= 15 is 0 Å². The minimum Gasteiger partial charge on any atom is -0.427 e. The summed E-state index contributed by atoms with van der Waals surface area (Å²) in [6, 6.07) is 18.9. The molecule has 1 aliphatic heterocycles. The van der Waals surface area contributed by atoms with E-state index in [4.69, 9.17) is 9.47 Å². The SMILES string of the molecule is O=C1OCOC(=O)C1(Cc1ccccc1)Cc1ccccc1.